The number of hydrogen-bond donors (Lipinski definition) is 1. The predicted molar refractivity (Wildman–Crippen MR) is 81.2 cm³/mol. The molecule has 0 aliphatic heterocycles. The van der Waals surface area contributed by atoms with Crippen LogP contribution in [0.5, 0.6) is 11.5 Å². The van der Waals surface area contributed by atoms with E-state index in [4.69, 9.17) is 22.1 Å². The van der Waals surface area contributed by atoms with Crippen LogP contribution >= 0.6 is 11.6 Å². The minimum absolute atomic E-state index is 0.0935. The molecule has 4 nitrogen and oxygen atoms in total. The molecule has 0 unspecified atom stereocenters. The quantitative estimate of drug-likeness (QED) is 0.875. The molecule has 2 N–H and O–H groups in total. The number of nitrogens with two attached hydrogens (primary N) is 1. The van der Waals surface area contributed by atoms with E-state index in [-0.39, 0.29) is 4.48 Å². The van der Waals surface area contributed by atoms with Crippen LogP contribution in [0.25, 0.3) is 0 Å². The van der Waals surface area contributed by atoms with Crippen molar-refractivity contribution in [2.75, 3.05) is 14.1 Å². The monoisotopic (exact) mass is 291 g/mol. The van der Waals surface area contributed by atoms with Crippen LogP contribution in [0.4, 0.5) is 10.5 Å². The van der Waals surface area contributed by atoms with Crippen LogP contribution in [-0.4, -0.2) is 20.1 Å². The Labute approximate surface area is 122 Å². The Kier molecular flexibility index (Phi) is 3.97. The number of primary amides is 1. The molecule has 2 aromatic rings. The van der Waals surface area contributed by atoms with Crippen molar-refractivity contribution in [1.29, 1.82) is 0 Å². The second-order valence-electron chi connectivity index (χ2n) is 4.82. The Morgan fingerprint density at radius 3 is 2.30 bits per heavy atom. The third-order valence-electron chi connectivity index (χ3n) is 3.06. The molecule has 0 aliphatic carbocycles. The largest absolute Gasteiger partial charge is 0.451 e. The zero-order chi connectivity index (χ0) is 14.8. The second kappa shape index (κ2) is 5.53. The number of rotatable bonds is 3. The molecule has 0 radical (unpaired) electrons. The fraction of sp³-hybridized carbons (Fsp3) is 0.133. The van der Waals surface area contributed by atoms with E-state index in [0.717, 1.165) is 0 Å². The van der Waals surface area contributed by atoms with Crippen LogP contribution in [0.15, 0.2) is 48.5 Å². The molecule has 20 heavy (non-hydrogen) atoms. The first-order valence-electron chi connectivity index (χ1n) is 6.08. The summed E-state index contributed by atoms with van der Waals surface area (Å²) >= 11 is 5.84. The van der Waals surface area contributed by atoms with E-state index >= 15 is 0 Å². The smallest absolute Gasteiger partial charge is 0.418 e. The highest BCUT2D eigenvalue weighted by Gasteiger charge is 2.30. The SMILES string of the molecule is C[N+](C)(C(N)=O)c1ccccc1Oc1ccc(Cl)cc1. The van der Waals surface area contributed by atoms with Gasteiger partial charge in [0.05, 0.1) is 14.1 Å². The van der Waals surface area contributed by atoms with Crippen LogP contribution in [0.1, 0.15) is 0 Å². The van der Waals surface area contributed by atoms with Crippen molar-refractivity contribution >= 4 is 23.3 Å². The van der Waals surface area contributed by atoms with Crippen molar-refractivity contribution in [3.05, 3.63) is 53.6 Å². The molecular formula is C15H16ClN2O2+. The number of amides is 2. The molecule has 0 spiro atoms. The van der Waals surface area contributed by atoms with Crippen molar-refractivity contribution < 1.29 is 9.53 Å². The molecule has 0 bridgehead atoms. The van der Waals surface area contributed by atoms with Crippen molar-refractivity contribution in [2.45, 2.75) is 0 Å². The van der Waals surface area contributed by atoms with Gasteiger partial charge in [0, 0.05) is 11.1 Å². The van der Waals surface area contributed by atoms with E-state index in [0.29, 0.717) is 22.2 Å². The molecule has 0 saturated carbocycles. The predicted octanol–water partition coefficient (Wildman–Crippen LogP) is 3.78. The third-order valence-corrected chi connectivity index (χ3v) is 3.31. The molecule has 2 aromatic carbocycles. The average Bonchev–Trinajstić information content (AvgIpc) is 2.41. The minimum Gasteiger partial charge on any atom is -0.451 e. The Morgan fingerprint density at radius 1 is 1.10 bits per heavy atom. The van der Waals surface area contributed by atoms with Crippen LogP contribution < -0.4 is 15.0 Å². The Balaban J connectivity index is 2.38. The number of carbonyl (C=O) groups excluding carboxylic acids is 1. The normalized spacial score (nSPS) is 11.2. The first-order chi connectivity index (χ1) is 9.41. The highest BCUT2D eigenvalue weighted by Crippen LogP contribution is 2.34. The van der Waals surface area contributed by atoms with Gasteiger partial charge < -0.3 is 10.5 Å². The summed E-state index contributed by atoms with van der Waals surface area (Å²) < 4.78 is 5.73. The summed E-state index contributed by atoms with van der Waals surface area (Å²) in [6.45, 7) is 0. The number of carbonyl (C=O) groups is 1. The third kappa shape index (κ3) is 2.92. The van der Waals surface area contributed by atoms with Crippen LogP contribution in [0.2, 0.25) is 5.02 Å². The number of quaternary nitrogens is 1. The molecule has 0 heterocycles. The van der Waals surface area contributed by atoms with Crippen LogP contribution in [-0.2, 0) is 0 Å². The fourth-order valence-corrected chi connectivity index (χ4v) is 1.88. The van der Waals surface area contributed by atoms with Gasteiger partial charge in [-0.15, -0.1) is 0 Å². The number of halogens is 1. The van der Waals surface area contributed by atoms with Crippen molar-refractivity contribution in [3.8, 4) is 11.5 Å². The average molecular weight is 292 g/mol. The van der Waals surface area contributed by atoms with E-state index in [1.807, 2.05) is 18.2 Å². The topological polar surface area (TPSA) is 52.3 Å². The Hall–Kier alpha value is -2.04. The molecule has 2 rings (SSSR count). The van der Waals surface area contributed by atoms with Gasteiger partial charge in [-0.3, -0.25) is 0 Å². The summed E-state index contributed by atoms with van der Waals surface area (Å²) in [5.74, 6) is 1.23. The van der Waals surface area contributed by atoms with E-state index in [1.54, 1.807) is 44.4 Å². The van der Waals surface area contributed by atoms with Crippen molar-refractivity contribution in [2.24, 2.45) is 5.73 Å². The molecule has 104 valence electrons. The van der Waals surface area contributed by atoms with Gasteiger partial charge in [0.1, 0.15) is 5.75 Å². The second-order valence-corrected chi connectivity index (χ2v) is 5.25. The fourth-order valence-electron chi connectivity index (χ4n) is 1.75. The molecular weight excluding hydrogens is 276 g/mol. The number of para-hydroxylation sites is 2. The maximum Gasteiger partial charge on any atom is 0.418 e. The zero-order valence-electron chi connectivity index (χ0n) is 11.3. The van der Waals surface area contributed by atoms with Crippen molar-refractivity contribution in [3.63, 3.8) is 0 Å². The molecule has 5 heteroatoms. The summed E-state index contributed by atoms with van der Waals surface area (Å²) in [5.41, 5.74) is 6.13. The molecule has 0 aromatic heterocycles. The Morgan fingerprint density at radius 2 is 1.70 bits per heavy atom. The number of nitrogens with zero attached hydrogens (tertiary/aromatic N) is 1. The molecule has 0 fully saturated rings. The highest BCUT2D eigenvalue weighted by molar-refractivity contribution is 6.30. The van der Waals surface area contributed by atoms with Gasteiger partial charge in [-0.05, 0) is 30.3 Å². The lowest BCUT2D eigenvalue weighted by Crippen LogP contribution is -2.50. The molecule has 0 saturated heterocycles. The number of hydrogen-bond acceptors (Lipinski definition) is 2. The standard InChI is InChI=1S/C15H15ClN2O2/c1-18(2,15(17)19)13-5-3-4-6-14(13)20-12-9-7-11(16)8-10-12/h3-10H,1-2H3,(H-,17,19)/p+1. The molecule has 0 atom stereocenters. The van der Waals surface area contributed by atoms with Gasteiger partial charge >= 0.3 is 6.03 Å². The first-order valence-corrected chi connectivity index (χ1v) is 6.46. The van der Waals surface area contributed by atoms with Gasteiger partial charge in [-0.2, -0.15) is 0 Å². The van der Waals surface area contributed by atoms with Gasteiger partial charge in [-0.1, -0.05) is 23.7 Å². The summed E-state index contributed by atoms with van der Waals surface area (Å²) in [7, 11) is 3.43. The summed E-state index contributed by atoms with van der Waals surface area (Å²) in [4.78, 5) is 11.6. The van der Waals surface area contributed by atoms with E-state index in [9.17, 15) is 4.79 Å². The van der Waals surface area contributed by atoms with Gasteiger partial charge in [0.15, 0.2) is 11.4 Å². The lowest BCUT2D eigenvalue weighted by Gasteiger charge is -2.25. The van der Waals surface area contributed by atoms with Gasteiger partial charge in [-0.25, -0.2) is 9.28 Å². The van der Waals surface area contributed by atoms with Gasteiger partial charge in [0.2, 0.25) is 0 Å². The van der Waals surface area contributed by atoms with Crippen molar-refractivity contribution in [1.82, 2.24) is 4.48 Å². The lowest BCUT2D eigenvalue weighted by molar-refractivity contribution is 0.226. The first kappa shape index (κ1) is 14.4. The van der Waals surface area contributed by atoms with Crippen LogP contribution in [0, 0.1) is 0 Å². The van der Waals surface area contributed by atoms with E-state index < -0.39 is 6.03 Å². The summed E-state index contributed by atoms with van der Waals surface area (Å²) in [6.07, 6.45) is 0. The lowest BCUT2D eigenvalue weighted by atomic mass is 10.2. The number of urea groups is 1. The highest BCUT2D eigenvalue weighted by atomic mass is 35.5. The van der Waals surface area contributed by atoms with Gasteiger partial charge in [0.25, 0.3) is 0 Å². The maximum absolute atomic E-state index is 11.6. The number of ether oxygens (including phenoxy) is 1. The molecule has 0 aliphatic rings. The number of benzene rings is 2. The summed E-state index contributed by atoms with van der Waals surface area (Å²) in [5, 5.41) is 0.638. The minimum atomic E-state index is -0.461. The van der Waals surface area contributed by atoms with E-state index in [2.05, 4.69) is 0 Å². The maximum atomic E-state index is 11.6. The Bertz CT molecular complexity index is 624. The van der Waals surface area contributed by atoms with Crippen LogP contribution in [0.3, 0.4) is 0 Å². The zero-order valence-corrected chi connectivity index (χ0v) is 12.1. The van der Waals surface area contributed by atoms with E-state index in [1.165, 1.54) is 0 Å². The summed E-state index contributed by atoms with van der Waals surface area (Å²) in [6, 6.07) is 13.9. The molecule has 2 amide bonds.